The fourth-order valence-corrected chi connectivity index (χ4v) is 5.22. The number of nitrogens with one attached hydrogen (secondary N) is 1. The molecule has 0 aliphatic carbocycles. The van der Waals surface area contributed by atoms with E-state index in [2.05, 4.69) is 15.3 Å². The summed E-state index contributed by atoms with van der Waals surface area (Å²) >= 11 is 2.59. The van der Waals surface area contributed by atoms with Gasteiger partial charge in [0.2, 0.25) is 5.91 Å². The van der Waals surface area contributed by atoms with Crippen LogP contribution >= 0.6 is 23.1 Å². The fraction of sp³-hybridized carbons (Fsp3) is 0.120. The molecule has 0 saturated carbocycles. The van der Waals surface area contributed by atoms with Crippen LogP contribution in [0, 0.1) is 6.92 Å². The minimum atomic E-state index is -0.228. The number of thioether (sulfide) groups is 1. The van der Waals surface area contributed by atoms with E-state index in [-0.39, 0.29) is 17.2 Å². The van der Waals surface area contributed by atoms with Gasteiger partial charge in [-0.05, 0) is 49.4 Å². The van der Waals surface area contributed by atoms with Gasteiger partial charge < -0.3 is 10.1 Å². The summed E-state index contributed by atoms with van der Waals surface area (Å²) in [6.45, 7) is 1.99. The van der Waals surface area contributed by atoms with Gasteiger partial charge in [-0.1, -0.05) is 52.9 Å². The summed E-state index contributed by atoms with van der Waals surface area (Å²) in [7, 11) is 1.61. The molecular weight excluding hydrogens is 468 g/mol. The van der Waals surface area contributed by atoms with Crippen molar-refractivity contribution in [1.82, 2.24) is 14.5 Å². The van der Waals surface area contributed by atoms with E-state index in [1.165, 1.54) is 23.1 Å². The predicted octanol–water partition coefficient (Wildman–Crippen LogP) is 5.04. The highest BCUT2D eigenvalue weighted by molar-refractivity contribution is 7.99. The van der Waals surface area contributed by atoms with Crippen molar-refractivity contribution >= 4 is 55.3 Å². The molecule has 0 unspecified atom stereocenters. The van der Waals surface area contributed by atoms with Crippen LogP contribution in [0.5, 0.6) is 5.75 Å². The maximum Gasteiger partial charge on any atom is 0.266 e. The van der Waals surface area contributed by atoms with Crippen molar-refractivity contribution in [2.45, 2.75) is 12.1 Å². The molecule has 0 atom stereocenters. The lowest BCUT2D eigenvalue weighted by atomic mass is 10.2. The van der Waals surface area contributed by atoms with E-state index in [0.29, 0.717) is 26.9 Å². The third kappa shape index (κ3) is 4.40. The second-order valence-corrected chi connectivity index (χ2v) is 9.55. The molecular formula is C25H20N4O3S2. The monoisotopic (exact) mass is 488 g/mol. The van der Waals surface area contributed by atoms with Gasteiger partial charge in [-0.25, -0.2) is 9.97 Å². The quantitative estimate of drug-likeness (QED) is 0.266. The second-order valence-electron chi connectivity index (χ2n) is 7.58. The van der Waals surface area contributed by atoms with E-state index < -0.39 is 0 Å². The average Bonchev–Trinajstić information content (AvgIpc) is 3.25. The summed E-state index contributed by atoms with van der Waals surface area (Å²) in [6, 6.07) is 20.4. The van der Waals surface area contributed by atoms with Crippen molar-refractivity contribution in [1.29, 1.82) is 0 Å². The Kier molecular flexibility index (Phi) is 6.04. The molecule has 2 aromatic heterocycles. The van der Waals surface area contributed by atoms with Crippen LogP contribution in [0.4, 0.5) is 5.13 Å². The van der Waals surface area contributed by atoms with Gasteiger partial charge in [-0.15, -0.1) is 0 Å². The van der Waals surface area contributed by atoms with Crippen molar-refractivity contribution in [2.24, 2.45) is 0 Å². The first kappa shape index (κ1) is 22.1. The molecule has 2 heterocycles. The lowest BCUT2D eigenvalue weighted by Gasteiger charge is -2.13. The number of benzene rings is 3. The first-order valence-electron chi connectivity index (χ1n) is 10.5. The maximum atomic E-state index is 13.3. The van der Waals surface area contributed by atoms with Crippen LogP contribution < -0.4 is 15.6 Å². The van der Waals surface area contributed by atoms with Crippen LogP contribution in [0.1, 0.15) is 5.56 Å². The molecule has 0 spiro atoms. The van der Waals surface area contributed by atoms with E-state index in [0.717, 1.165) is 21.5 Å². The zero-order valence-electron chi connectivity index (χ0n) is 18.4. The number of carbonyl (C=O) groups is 1. The zero-order chi connectivity index (χ0) is 23.7. The molecule has 0 aliphatic heterocycles. The van der Waals surface area contributed by atoms with Crippen LogP contribution in [-0.4, -0.2) is 33.3 Å². The Morgan fingerprint density at radius 2 is 1.85 bits per heavy atom. The Balaban J connectivity index is 1.42. The number of aromatic nitrogens is 3. The number of amides is 1. The van der Waals surface area contributed by atoms with Gasteiger partial charge in [-0.3, -0.25) is 14.2 Å². The fourth-order valence-electron chi connectivity index (χ4n) is 3.50. The van der Waals surface area contributed by atoms with Crippen molar-refractivity contribution < 1.29 is 9.53 Å². The zero-order valence-corrected chi connectivity index (χ0v) is 20.1. The number of para-hydroxylation sites is 1. The Bertz CT molecular complexity index is 1580. The number of thiazole rings is 1. The number of methoxy groups -OCH3 is 1. The van der Waals surface area contributed by atoms with E-state index in [9.17, 15) is 9.59 Å². The molecule has 0 saturated heterocycles. The normalized spacial score (nSPS) is 11.1. The molecule has 0 bridgehead atoms. The predicted molar refractivity (Wildman–Crippen MR) is 138 cm³/mol. The van der Waals surface area contributed by atoms with E-state index >= 15 is 0 Å². The summed E-state index contributed by atoms with van der Waals surface area (Å²) in [5.74, 6) is 0.588. The molecule has 3 aromatic carbocycles. The number of ether oxygens (including phenoxy) is 1. The van der Waals surface area contributed by atoms with Crippen LogP contribution in [0.25, 0.3) is 26.8 Å². The van der Waals surface area contributed by atoms with Gasteiger partial charge in [0.1, 0.15) is 5.75 Å². The Morgan fingerprint density at radius 3 is 2.65 bits per heavy atom. The average molecular weight is 489 g/mol. The third-order valence-corrected chi connectivity index (χ3v) is 7.08. The maximum absolute atomic E-state index is 13.3. The smallest absolute Gasteiger partial charge is 0.266 e. The van der Waals surface area contributed by atoms with Crippen LogP contribution in [0.15, 0.2) is 76.7 Å². The number of hydrogen-bond acceptors (Lipinski definition) is 7. The van der Waals surface area contributed by atoms with E-state index in [1.54, 1.807) is 23.8 Å². The number of rotatable bonds is 6. The van der Waals surface area contributed by atoms with Gasteiger partial charge in [0, 0.05) is 0 Å². The topological polar surface area (TPSA) is 86.1 Å². The summed E-state index contributed by atoms with van der Waals surface area (Å²) in [5.41, 5.74) is 3.01. The number of hydrogen-bond donors (Lipinski definition) is 1. The van der Waals surface area contributed by atoms with E-state index in [4.69, 9.17) is 4.74 Å². The summed E-state index contributed by atoms with van der Waals surface area (Å²) in [6.07, 6.45) is 0. The summed E-state index contributed by atoms with van der Waals surface area (Å²) in [4.78, 5) is 35.2. The second kappa shape index (κ2) is 9.28. The molecule has 5 rings (SSSR count). The van der Waals surface area contributed by atoms with Crippen LogP contribution in [0.2, 0.25) is 0 Å². The Labute approximate surface area is 203 Å². The first-order chi connectivity index (χ1) is 16.5. The first-order valence-corrected chi connectivity index (χ1v) is 12.3. The largest absolute Gasteiger partial charge is 0.497 e. The Morgan fingerprint density at radius 1 is 1.06 bits per heavy atom. The molecule has 0 fully saturated rings. The summed E-state index contributed by atoms with van der Waals surface area (Å²) in [5, 5.41) is 4.34. The summed E-state index contributed by atoms with van der Waals surface area (Å²) < 4.78 is 7.73. The number of fused-ring (bicyclic) bond motifs is 2. The van der Waals surface area contributed by atoms with E-state index in [1.807, 2.05) is 61.5 Å². The minimum Gasteiger partial charge on any atom is -0.497 e. The van der Waals surface area contributed by atoms with Crippen LogP contribution in [-0.2, 0) is 4.79 Å². The number of anilines is 1. The van der Waals surface area contributed by atoms with Crippen LogP contribution in [0.3, 0.4) is 0 Å². The molecule has 170 valence electrons. The van der Waals surface area contributed by atoms with Gasteiger partial charge in [0.25, 0.3) is 5.56 Å². The Hall–Kier alpha value is -3.69. The standard InChI is InChI=1S/C25H20N4O3S2/c1-15-7-9-16(10-8-15)29-23(31)18-5-3-4-6-19(18)27-25(29)33-14-22(30)28-24-26-20-12-11-17(32-2)13-21(20)34-24/h3-13H,14H2,1-2H3,(H,26,28,30). The molecule has 1 amide bonds. The molecule has 7 nitrogen and oxygen atoms in total. The van der Waals surface area contributed by atoms with Crippen molar-refractivity contribution in [3.05, 3.63) is 82.6 Å². The van der Waals surface area contributed by atoms with Crippen molar-refractivity contribution in [2.75, 3.05) is 18.2 Å². The lowest BCUT2D eigenvalue weighted by molar-refractivity contribution is -0.113. The molecule has 0 aliphatic rings. The minimum absolute atomic E-state index is 0.0793. The molecule has 5 aromatic rings. The highest BCUT2D eigenvalue weighted by atomic mass is 32.2. The highest BCUT2D eigenvalue weighted by Gasteiger charge is 2.16. The van der Waals surface area contributed by atoms with Gasteiger partial charge in [-0.2, -0.15) is 0 Å². The SMILES string of the molecule is COc1ccc2nc(NC(=O)CSc3nc4ccccc4c(=O)n3-c3ccc(C)cc3)sc2c1. The van der Waals surface area contributed by atoms with Gasteiger partial charge >= 0.3 is 0 Å². The van der Waals surface area contributed by atoms with Crippen molar-refractivity contribution in [3.8, 4) is 11.4 Å². The van der Waals surface area contributed by atoms with Crippen molar-refractivity contribution in [3.63, 3.8) is 0 Å². The molecule has 9 heteroatoms. The molecule has 34 heavy (non-hydrogen) atoms. The number of carbonyl (C=O) groups excluding carboxylic acids is 1. The highest BCUT2D eigenvalue weighted by Crippen LogP contribution is 2.29. The third-order valence-electron chi connectivity index (χ3n) is 5.21. The number of aryl methyl sites for hydroxylation is 1. The van der Waals surface area contributed by atoms with Gasteiger partial charge in [0.15, 0.2) is 10.3 Å². The molecule has 0 radical (unpaired) electrons. The number of nitrogens with zero attached hydrogens (tertiary/aromatic N) is 3. The van der Waals surface area contributed by atoms with Gasteiger partial charge in [0.05, 0.1) is 39.7 Å². The lowest BCUT2D eigenvalue weighted by Crippen LogP contribution is -2.23. The molecule has 1 N–H and O–H groups in total.